The van der Waals surface area contributed by atoms with E-state index in [0.29, 0.717) is 20.6 Å². The number of anilines is 1. The molecule has 2 aromatic rings. The molecule has 0 atom stereocenters. The number of hydrogen-bond donors (Lipinski definition) is 2. The van der Waals surface area contributed by atoms with Crippen LogP contribution in [0.5, 0.6) is 0 Å². The Morgan fingerprint density at radius 3 is 2.54 bits per heavy atom. The van der Waals surface area contributed by atoms with Crippen molar-refractivity contribution in [2.75, 3.05) is 11.9 Å². The number of nitrogens with one attached hydrogen (secondary N) is 2. The zero-order chi connectivity index (χ0) is 19.3. The van der Waals surface area contributed by atoms with Gasteiger partial charge in [-0.05, 0) is 36.6 Å². The fourth-order valence-corrected chi connectivity index (χ4v) is 3.49. The molecule has 0 unspecified atom stereocenters. The average molecular weight is 415 g/mol. The maximum atomic E-state index is 12.2. The van der Waals surface area contributed by atoms with Gasteiger partial charge in [-0.3, -0.25) is 5.32 Å². The SMILES string of the molecule is CCOC(=O)c1cc(C(C)C)sc1NC(=O)NCc1ccc(Cl)c(Cl)c1. The summed E-state index contributed by atoms with van der Waals surface area (Å²) in [6, 6.07) is 6.49. The predicted molar refractivity (Wildman–Crippen MR) is 107 cm³/mol. The summed E-state index contributed by atoms with van der Waals surface area (Å²) in [7, 11) is 0. The molecule has 26 heavy (non-hydrogen) atoms. The normalized spacial score (nSPS) is 10.7. The van der Waals surface area contributed by atoms with Crippen LogP contribution in [0.3, 0.4) is 0 Å². The van der Waals surface area contributed by atoms with E-state index >= 15 is 0 Å². The smallest absolute Gasteiger partial charge is 0.341 e. The number of thiophene rings is 1. The van der Waals surface area contributed by atoms with E-state index < -0.39 is 12.0 Å². The minimum Gasteiger partial charge on any atom is -0.462 e. The van der Waals surface area contributed by atoms with Gasteiger partial charge < -0.3 is 10.1 Å². The first kappa shape index (κ1) is 20.6. The van der Waals surface area contributed by atoms with E-state index in [-0.39, 0.29) is 19.1 Å². The lowest BCUT2D eigenvalue weighted by molar-refractivity contribution is 0.0528. The summed E-state index contributed by atoms with van der Waals surface area (Å²) in [5, 5.41) is 6.82. The lowest BCUT2D eigenvalue weighted by Gasteiger charge is -2.09. The van der Waals surface area contributed by atoms with Gasteiger partial charge in [-0.25, -0.2) is 9.59 Å². The molecule has 0 radical (unpaired) electrons. The summed E-state index contributed by atoms with van der Waals surface area (Å²) in [5.74, 6) is -0.210. The Morgan fingerprint density at radius 2 is 1.92 bits per heavy atom. The van der Waals surface area contributed by atoms with Crippen molar-refractivity contribution in [3.05, 3.63) is 50.3 Å². The molecule has 140 valence electrons. The Bertz CT molecular complexity index is 806. The molecule has 5 nitrogen and oxygen atoms in total. The molecule has 0 spiro atoms. The van der Waals surface area contributed by atoms with Crippen LogP contribution in [0.25, 0.3) is 0 Å². The highest BCUT2D eigenvalue weighted by Gasteiger charge is 2.20. The molecule has 0 fully saturated rings. The van der Waals surface area contributed by atoms with Crippen LogP contribution in [-0.4, -0.2) is 18.6 Å². The number of amides is 2. The van der Waals surface area contributed by atoms with Gasteiger partial charge in [0.1, 0.15) is 5.00 Å². The summed E-state index contributed by atoms with van der Waals surface area (Å²) >= 11 is 13.2. The van der Waals surface area contributed by atoms with E-state index in [2.05, 4.69) is 10.6 Å². The van der Waals surface area contributed by atoms with Crippen LogP contribution < -0.4 is 10.6 Å². The minimum atomic E-state index is -0.449. The average Bonchev–Trinajstić information content (AvgIpc) is 3.00. The third kappa shape index (κ3) is 5.37. The van der Waals surface area contributed by atoms with Gasteiger partial charge >= 0.3 is 12.0 Å². The highest BCUT2D eigenvalue weighted by molar-refractivity contribution is 7.16. The Balaban J connectivity index is 2.07. The molecule has 0 aliphatic carbocycles. The summed E-state index contributed by atoms with van der Waals surface area (Å²) in [6.45, 7) is 6.34. The van der Waals surface area contributed by atoms with Crippen molar-refractivity contribution in [3.63, 3.8) is 0 Å². The Hall–Kier alpha value is -1.76. The molecule has 1 aromatic heterocycles. The minimum absolute atomic E-state index is 0.239. The van der Waals surface area contributed by atoms with Crippen molar-refractivity contribution >= 4 is 51.5 Å². The molecule has 0 saturated carbocycles. The van der Waals surface area contributed by atoms with Crippen molar-refractivity contribution in [2.24, 2.45) is 0 Å². The molecule has 8 heteroatoms. The van der Waals surface area contributed by atoms with Gasteiger partial charge in [0.05, 0.1) is 22.2 Å². The van der Waals surface area contributed by atoms with Crippen molar-refractivity contribution in [1.29, 1.82) is 0 Å². The van der Waals surface area contributed by atoms with Crippen LogP contribution in [0.2, 0.25) is 10.0 Å². The Morgan fingerprint density at radius 1 is 1.19 bits per heavy atom. The molecule has 1 heterocycles. The molecule has 2 N–H and O–H groups in total. The predicted octanol–water partition coefficient (Wildman–Crippen LogP) is 5.68. The maximum absolute atomic E-state index is 12.2. The first-order valence-corrected chi connectivity index (χ1v) is 9.68. The molecular formula is C18H20Cl2N2O3S. The van der Waals surface area contributed by atoms with Crippen LogP contribution in [0, 0.1) is 0 Å². The van der Waals surface area contributed by atoms with Crippen molar-refractivity contribution < 1.29 is 14.3 Å². The first-order chi connectivity index (χ1) is 12.3. The van der Waals surface area contributed by atoms with Crippen LogP contribution >= 0.6 is 34.5 Å². The zero-order valence-corrected chi connectivity index (χ0v) is 17.0. The van der Waals surface area contributed by atoms with Crippen LogP contribution in [0.1, 0.15) is 47.5 Å². The quantitative estimate of drug-likeness (QED) is 0.597. The second kappa shape index (κ2) is 9.26. The third-order valence-corrected chi connectivity index (χ3v) is 5.57. The van der Waals surface area contributed by atoms with E-state index in [1.54, 1.807) is 31.2 Å². The molecule has 0 aliphatic heterocycles. The fraction of sp³-hybridized carbons (Fsp3) is 0.333. The van der Waals surface area contributed by atoms with Crippen LogP contribution in [0.15, 0.2) is 24.3 Å². The van der Waals surface area contributed by atoms with E-state index in [9.17, 15) is 9.59 Å². The molecule has 0 saturated heterocycles. The first-order valence-electron chi connectivity index (χ1n) is 8.11. The number of carbonyl (C=O) groups is 2. The number of ether oxygens (including phenoxy) is 1. The summed E-state index contributed by atoms with van der Waals surface area (Å²) < 4.78 is 5.07. The summed E-state index contributed by atoms with van der Waals surface area (Å²) in [6.07, 6.45) is 0. The van der Waals surface area contributed by atoms with E-state index in [0.717, 1.165) is 10.4 Å². The van der Waals surface area contributed by atoms with Gasteiger partial charge in [-0.1, -0.05) is 43.1 Å². The molecular weight excluding hydrogens is 395 g/mol. The van der Waals surface area contributed by atoms with Crippen LogP contribution in [0.4, 0.5) is 9.80 Å². The van der Waals surface area contributed by atoms with Gasteiger partial charge in [0.25, 0.3) is 0 Å². The second-order valence-electron chi connectivity index (χ2n) is 5.82. The third-order valence-electron chi connectivity index (χ3n) is 3.48. The molecule has 2 rings (SSSR count). The van der Waals surface area contributed by atoms with Crippen LogP contribution in [-0.2, 0) is 11.3 Å². The zero-order valence-electron chi connectivity index (χ0n) is 14.7. The molecule has 0 bridgehead atoms. The molecule has 2 amide bonds. The van der Waals surface area contributed by atoms with Gasteiger partial charge in [-0.2, -0.15) is 0 Å². The van der Waals surface area contributed by atoms with Crippen molar-refractivity contribution in [3.8, 4) is 0 Å². The van der Waals surface area contributed by atoms with Gasteiger partial charge in [-0.15, -0.1) is 11.3 Å². The van der Waals surface area contributed by atoms with Crippen molar-refractivity contribution in [2.45, 2.75) is 33.2 Å². The van der Waals surface area contributed by atoms with E-state index in [1.807, 2.05) is 13.8 Å². The number of esters is 1. The lowest BCUT2D eigenvalue weighted by atomic mass is 10.1. The highest BCUT2D eigenvalue weighted by atomic mass is 35.5. The summed E-state index contributed by atoms with van der Waals surface area (Å²) in [5.41, 5.74) is 1.18. The fourth-order valence-electron chi connectivity index (χ4n) is 2.13. The van der Waals surface area contributed by atoms with Gasteiger partial charge in [0.15, 0.2) is 0 Å². The lowest BCUT2D eigenvalue weighted by Crippen LogP contribution is -2.28. The number of hydrogen-bond acceptors (Lipinski definition) is 4. The molecule has 1 aromatic carbocycles. The second-order valence-corrected chi connectivity index (χ2v) is 7.72. The number of benzene rings is 1. The number of halogens is 2. The van der Waals surface area contributed by atoms with Gasteiger partial charge in [0.2, 0.25) is 0 Å². The number of rotatable bonds is 6. The topological polar surface area (TPSA) is 67.4 Å². The van der Waals surface area contributed by atoms with Gasteiger partial charge in [0, 0.05) is 11.4 Å². The van der Waals surface area contributed by atoms with E-state index in [1.165, 1.54) is 11.3 Å². The summed E-state index contributed by atoms with van der Waals surface area (Å²) in [4.78, 5) is 25.3. The Labute approximate surface area is 166 Å². The highest BCUT2D eigenvalue weighted by Crippen LogP contribution is 2.33. The Kier molecular flexibility index (Phi) is 7.32. The molecule has 0 aliphatic rings. The largest absolute Gasteiger partial charge is 0.462 e. The number of urea groups is 1. The van der Waals surface area contributed by atoms with E-state index in [4.69, 9.17) is 27.9 Å². The monoisotopic (exact) mass is 414 g/mol. The number of carbonyl (C=O) groups excluding carboxylic acids is 2. The standard InChI is InChI=1S/C18H20Cl2N2O3S/c1-4-25-17(23)12-8-15(10(2)3)26-16(12)22-18(24)21-9-11-5-6-13(19)14(20)7-11/h5-8,10H,4,9H2,1-3H3,(H2,21,22,24). The van der Waals surface area contributed by atoms with Crippen molar-refractivity contribution in [1.82, 2.24) is 5.32 Å². The maximum Gasteiger partial charge on any atom is 0.341 e.